The lowest BCUT2D eigenvalue weighted by Crippen LogP contribution is -2.65. The fraction of sp³-hybridized carbons (Fsp3) is 0.393. The number of hydrogen-bond acceptors (Lipinski definition) is 10. The van der Waals surface area contributed by atoms with Gasteiger partial charge in [0.15, 0.2) is 11.4 Å². The van der Waals surface area contributed by atoms with Crippen LogP contribution >= 0.6 is 0 Å². The molecule has 1 heterocycles. The van der Waals surface area contributed by atoms with E-state index in [2.05, 4.69) is 0 Å². The number of amides is 1. The van der Waals surface area contributed by atoms with Gasteiger partial charge >= 0.3 is 0 Å². The number of primary amides is 1. The molecule has 0 saturated heterocycles. The van der Waals surface area contributed by atoms with Crippen LogP contribution in [0.15, 0.2) is 45.6 Å². The second-order valence-electron chi connectivity index (χ2n) is 11.0. The van der Waals surface area contributed by atoms with Gasteiger partial charge in [-0.25, -0.2) is 0 Å². The average Bonchev–Trinajstić information content (AvgIpc) is 3.28. The number of aromatic hydroxyl groups is 1. The summed E-state index contributed by atoms with van der Waals surface area (Å²) in [6.07, 6.45) is 0.201. The molecule has 11 nitrogen and oxygen atoms in total. The molecule has 11 heteroatoms. The Hall–Kier alpha value is -3.93. The van der Waals surface area contributed by atoms with Gasteiger partial charge in [0, 0.05) is 17.1 Å². The van der Waals surface area contributed by atoms with E-state index in [1.54, 1.807) is 26.2 Å². The molecule has 1 saturated carbocycles. The summed E-state index contributed by atoms with van der Waals surface area (Å²) in [5, 5.41) is 44.7. The van der Waals surface area contributed by atoms with Crippen LogP contribution in [0.25, 0.3) is 17.1 Å². The van der Waals surface area contributed by atoms with Gasteiger partial charge in [0.05, 0.1) is 18.2 Å². The van der Waals surface area contributed by atoms with Gasteiger partial charge < -0.3 is 35.5 Å². The maximum Gasteiger partial charge on any atom is 0.255 e. The van der Waals surface area contributed by atoms with Crippen LogP contribution in [0, 0.1) is 11.8 Å². The average molecular weight is 538 g/mol. The highest BCUT2D eigenvalue weighted by Crippen LogP contribution is 2.53. The fourth-order valence-electron chi connectivity index (χ4n) is 6.39. The second kappa shape index (κ2) is 9.08. The summed E-state index contributed by atoms with van der Waals surface area (Å²) < 4.78 is 6.03. The van der Waals surface area contributed by atoms with Crippen molar-refractivity contribution in [3.05, 3.63) is 58.1 Å². The Bertz CT molecular complexity index is 1480. The van der Waals surface area contributed by atoms with E-state index in [-0.39, 0.29) is 29.7 Å². The lowest BCUT2D eigenvalue weighted by Gasteiger charge is -2.50. The van der Waals surface area contributed by atoms with Crippen LogP contribution in [-0.2, 0) is 27.3 Å². The van der Waals surface area contributed by atoms with Gasteiger partial charge in [0.1, 0.15) is 34.4 Å². The largest absolute Gasteiger partial charge is 0.508 e. The monoisotopic (exact) mass is 537 g/mol. The molecule has 3 aliphatic rings. The number of phenolic OH excluding ortho intramolecular Hbond substituents is 1. The van der Waals surface area contributed by atoms with Crippen molar-refractivity contribution in [1.29, 1.82) is 0 Å². The molecule has 39 heavy (non-hydrogen) atoms. The second-order valence-corrected chi connectivity index (χ2v) is 11.0. The first-order valence-electron chi connectivity index (χ1n) is 12.5. The summed E-state index contributed by atoms with van der Waals surface area (Å²) >= 11 is 0. The van der Waals surface area contributed by atoms with Crippen LogP contribution in [0.3, 0.4) is 0 Å². The molecule has 0 spiro atoms. The summed E-state index contributed by atoms with van der Waals surface area (Å²) in [6, 6.07) is 5.55. The standard InChI is InChI=1S/C28H31N3O8/c1-30(2)11-13-5-8-18(39-13)14-6-7-17(32)20-15(14)9-12-10-16-22(31(3)4)24(34)21(27(29)37)26(36)28(16,38)25(35)19(12)23(20)33/h5-8,12,16,22,32-33,36,38H,9-11H2,1-4H3,(H2,29,37)/t12-,16-,22-,28-/m1/s1. The minimum absolute atomic E-state index is 0.0187. The Morgan fingerprint density at radius 1 is 1.10 bits per heavy atom. The number of likely N-dealkylation sites (N-methyl/N-ethyl adjacent to an activating group) is 1. The molecule has 3 aliphatic carbocycles. The SMILES string of the molecule is CN(C)Cc1ccc(-c2ccc(O)c3c2C[C@@H]2C[C@@H]4[C@@H](N(C)C)C(=O)C(C(N)=O)=C(O)[C@]4(O)C(=O)C2=C3O)o1. The van der Waals surface area contributed by atoms with Crippen LogP contribution in [0.2, 0.25) is 0 Å². The number of Topliss-reactive ketones (excluding diaryl/α,β-unsaturated/α-hetero) is 2. The molecule has 1 aromatic carbocycles. The molecule has 0 radical (unpaired) electrons. The number of benzene rings is 1. The topological polar surface area (TPSA) is 178 Å². The Kier molecular flexibility index (Phi) is 6.21. The van der Waals surface area contributed by atoms with E-state index in [0.717, 1.165) is 0 Å². The predicted molar refractivity (Wildman–Crippen MR) is 139 cm³/mol. The maximum absolute atomic E-state index is 13.9. The Morgan fingerprint density at radius 2 is 1.79 bits per heavy atom. The van der Waals surface area contributed by atoms with Gasteiger partial charge in [-0.3, -0.25) is 19.3 Å². The van der Waals surface area contributed by atoms with Crippen LogP contribution in [-0.4, -0.2) is 87.5 Å². The molecule has 5 rings (SSSR count). The van der Waals surface area contributed by atoms with Crippen LogP contribution < -0.4 is 5.73 Å². The molecule has 0 bridgehead atoms. The molecule has 206 valence electrons. The molecular weight excluding hydrogens is 506 g/mol. The van der Waals surface area contributed by atoms with E-state index in [0.29, 0.717) is 29.2 Å². The van der Waals surface area contributed by atoms with Gasteiger partial charge in [-0.2, -0.15) is 0 Å². The Morgan fingerprint density at radius 3 is 2.41 bits per heavy atom. The Balaban J connectivity index is 1.69. The van der Waals surface area contributed by atoms with E-state index in [4.69, 9.17) is 10.2 Å². The van der Waals surface area contributed by atoms with Crippen molar-refractivity contribution >= 4 is 23.2 Å². The molecule has 2 aromatic rings. The number of carbonyl (C=O) groups is 3. The summed E-state index contributed by atoms with van der Waals surface area (Å²) in [6.45, 7) is 0.567. The summed E-state index contributed by atoms with van der Waals surface area (Å²) in [7, 11) is 6.94. The van der Waals surface area contributed by atoms with Gasteiger partial charge in [0.25, 0.3) is 5.91 Å². The van der Waals surface area contributed by atoms with Crippen molar-refractivity contribution in [2.45, 2.75) is 31.0 Å². The molecular formula is C28H31N3O8. The number of aliphatic hydroxyl groups is 3. The third-order valence-electron chi connectivity index (χ3n) is 8.00. The highest BCUT2D eigenvalue weighted by molar-refractivity contribution is 6.24. The smallest absolute Gasteiger partial charge is 0.255 e. The number of phenols is 1. The zero-order valence-electron chi connectivity index (χ0n) is 22.1. The van der Waals surface area contributed by atoms with E-state index in [1.165, 1.54) is 11.0 Å². The number of fused-ring (bicyclic) bond motifs is 3. The van der Waals surface area contributed by atoms with E-state index < -0.39 is 58.0 Å². The van der Waals surface area contributed by atoms with Gasteiger partial charge in [-0.05, 0) is 76.8 Å². The van der Waals surface area contributed by atoms with Gasteiger partial charge in [-0.15, -0.1) is 0 Å². The first-order chi connectivity index (χ1) is 18.3. The summed E-state index contributed by atoms with van der Waals surface area (Å²) in [4.78, 5) is 42.6. The van der Waals surface area contributed by atoms with Gasteiger partial charge in [-0.1, -0.05) is 0 Å². The van der Waals surface area contributed by atoms with Gasteiger partial charge in [0.2, 0.25) is 5.78 Å². The summed E-state index contributed by atoms with van der Waals surface area (Å²) in [5.74, 6) is -5.59. The van der Waals surface area contributed by atoms with Crippen LogP contribution in [0.5, 0.6) is 5.75 Å². The maximum atomic E-state index is 13.9. The van der Waals surface area contributed by atoms with E-state index in [9.17, 15) is 34.8 Å². The number of nitrogens with zero attached hydrogens (tertiary/aromatic N) is 2. The number of nitrogens with two attached hydrogens (primary N) is 1. The van der Waals surface area contributed by atoms with Crippen molar-refractivity contribution in [2.24, 2.45) is 17.6 Å². The lowest BCUT2D eigenvalue weighted by molar-refractivity contribution is -0.153. The highest BCUT2D eigenvalue weighted by Gasteiger charge is 2.64. The van der Waals surface area contributed by atoms with Crippen molar-refractivity contribution in [3.63, 3.8) is 0 Å². The van der Waals surface area contributed by atoms with Crippen molar-refractivity contribution in [3.8, 4) is 17.1 Å². The molecule has 1 amide bonds. The zero-order valence-corrected chi connectivity index (χ0v) is 22.1. The first kappa shape index (κ1) is 26.7. The van der Waals surface area contributed by atoms with Crippen molar-refractivity contribution in [1.82, 2.24) is 9.80 Å². The molecule has 1 aromatic heterocycles. The number of hydrogen-bond donors (Lipinski definition) is 5. The number of carbonyl (C=O) groups excluding carboxylic acids is 3. The zero-order chi connectivity index (χ0) is 28.5. The van der Waals surface area contributed by atoms with E-state index >= 15 is 0 Å². The normalized spacial score (nSPS) is 26.7. The summed E-state index contributed by atoms with van der Waals surface area (Å²) in [5.41, 5.74) is 2.85. The molecule has 0 unspecified atom stereocenters. The number of ketones is 2. The van der Waals surface area contributed by atoms with Crippen LogP contribution in [0.4, 0.5) is 0 Å². The van der Waals surface area contributed by atoms with E-state index in [1.807, 2.05) is 25.1 Å². The fourth-order valence-corrected chi connectivity index (χ4v) is 6.39. The molecule has 0 aliphatic heterocycles. The van der Waals surface area contributed by atoms with Crippen molar-refractivity contribution in [2.75, 3.05) is 28.2 Å². The first-order valence-corrected chi connectivity index (χ1v) is 12.5. The van der Waals surface area contributed by atoms with Crippen molar-refractivity contribution < 1.29 is 39.2 Å². The quantitative estimate of drug-likeness (QED) is 0.349. The number of furan rings is 1. The molecule has 6 N–H and O–H groups in total. The predicted octanol–water partition coefficient (Wildman–Crippen LogP) is 1.29. The minimum Gasteiger partial charge on any atom is -0.508 e. The third kappa shape index (κ3) is 3.80. The lowest BCUT2D eigenvalue weighted by atomic mass is 9.57. The molecule has 4 atom stereocenters. The highest BCUT2D eigenvalue weighted by atomic mass is 16.4. The van der Waals surface area contributed by atoms with Crippen LogP contribution in [0.1, 0.15) is 23.3 Å². The number of aliphatic hydroxyl groups excluding tert-OH is 2. The number of rotatable bonds is 5. The Labute approximate surface area is 224 Å². The minimum atomic E-state index is -2.67. The third-order valence-corrected chi connectivity index (χ3v) is 8.00. The molecule has 1 fully saturated rings.